The lowest BCUT2D eigenvalue weighted by molar-refractivity contribution is 0.0521. The van der Waals surface area contributed by atoms with Gasteiger partial charge >= 0.3 is 5.97 Å². The van der Waals surface area contributed by atoms with Crippen molar-refractivity contribution < 1.29 is 9.53 Å². The molecule has 0 radical (unpaired) electrons. The Hall–Kier alpha value is -2.38. The van der Waals surface area contributed by atoms with Crippen molar-refractivity contribution in [3.05, 3.63) is 23.7 Å². The zero-order chi connectivity index (χ0) is 14.5. The molecule has 0 saturated carbocycles. The maximum atomic E-state index is 11.7. The Morgan fingerprint density at radius 2 is 2.35 bits per heavy atom. The summed E-state index contributed by atoms with van der Waals surface area (Å²) in [7, 11) is 0. The van der Waals surface area contributed by atoms with Gasteiger partial charge in [-0.2, -0.15) is 5.10 Å². The van der Waals surface area contributed by atoms with Crippen molar-refractivity contribution in [2.45, 2.75) is 33.2 Å². The number of rotatable bonds is 6. The summed E-state index contributed by atoms with van der Waals surface area (Å²) in [5.74, 6) is 1.38. The Morgan fingerprint density at radius 3 is 3.00 bits per heavy atom. The molecular formula is C12H18N6O2. The van der Waals surface area contributed by atoms with Crippen LogP contribution in [0.1, 0.15) is 35.5 Å². The lowest BCUT2D eigenvalue weighted by Gasteiger charge is -2.06. The third kappa shape index (κ3) is 2.95. The highest BCUT2D eigenvalue weighted by Crippen LogP contribution is 2.16. The number of aromatic amines is 1. The number of nitrogens with one attached hydrogen (secondary N) is 1. The molecule has 0 aliphatic heterocycles. The maximum absolute atomic E-state index is 11.7. The van der Waals surface area contributed by atoms with E-state index >= 15 is 0 Å². The van der Waals surface area contributed by atoms with Crippen LogP contribution in [-0.2, 0) is 17.7 Å². The average molecular weight is 278 g/mol. The lowest BCUT2D eigenvalue weighted by atomic mass is 10.3. The van der Waals surface area contributed by atoms with Crippen molar-refractivity contribution in [1.29, 1.82) is 0 Å². The molecule has 2 heterocycles. The number of nitrogen functional groups attached to an aromatic ring is 1. The zero-order valence-electron chi connectivity index (χ0n) is 11.6. The van der Waals surface area contributed by atoms with Crippen LogP contribution in [0.3, 0.4) is 0 Å². The molecular weight excluding hydrogens is 260 g/mol. The van der Waals surface area contributed by atoms with E-state index in [-0.39, 0.29) is 5.69 Å². The fourth-order valence-corrected chi connectivity index (χ4v) is 1.97. The number of nitrogens with two attached hydrogens (primary N) is 1. The summed E-state index contributed by atoms with van der Waals surface area (Å²) >= 11 is 0. The minimum absolute atomic E-state index is 0.184. The fourth-order valence-electron chi connectivity index (χ4n) is 1.97. The Labute approximate surface area is 116 Å². The van der Waals surface area contributed by atoms with Crippen LogP contribution in [-0.4, -0.2) is 37.3 Å². The number of ether oxygens (including phenoxy) is 1. The second-order valence-corrected chi connectivity index (χ2v) is 4.30. The van der Waals surface area contributed by atoms with Gasteiger partial charge in [0.25, 0.3) is 0 Å². The van der Waals surface area contributed by atoms with Crippen LogP contribution >= 0.6 is 0 Å². The van der Waals surface area contributed by atoms with Crippen LogP contribution < -0.4 is 5.73 Å². The molecule has 0 aliphatic carbocycles. The number of anilines is 1. The summed E-state index contributed by atoms with van der Waals surface area (Å²) in [5.41, 5.74) is 6.14. The Balaban J connectivity index is 2.02. The van der Waals surface area contributed by atoms with Crippen LogP contribution in [0.25, 0.3) is 0 Å². The third-order valence-corrected chi connectivity index (χ3v) is 2.93. The number of esters is 1. The highest BCUT2D eigenvalue weighted by molar-refractivity contribution is 5.92. The molecule has 0 amide bonds. The molecule has 0 atom stereocenters. The Morgan fingerprint density at radius 1 is 1.55 bits per heavy atom. The standard InChI is InChI=1S/C12H18N6O2/c1-3-20-12(19)10-11(13)18(8(2)16-10)6-4-5-9-14-7-15-17-9/h7H,3-6,13H2,1-2H3,(H,14,15,17). The smallest absolute Gasteiger partial charge is 0.360 e. The number of carbonyl (C=O) groups excluding carboxylic acids is 1. The van der Waals surface area contributed by atoms with E-state index in [0.29, 0.717) is 24.8 Å². The molecule has 8 nitrogen and oxygen atoms in total. The van der Waals surface area contributed by atoms with Crippen molar-refractivity contribution >= 4 is 11.8 Å². The number of nitrogens with zero attached hydrogens (tertiary/aromatic N) is 4. The van der Waals surface area contributed by atoms with Crippen LogP contribution in [0.2, 0.25) is 0 Å². The van der Waals surface area contributed by atoms with Gasteiger partial charge in [-0.25, -0.2) is 14.8 Å². The van der Waals surface area contributed by atoms with E-state index in [1.165, 1.54) is 6.33 Å². The van der Waals surface area contributed by atoms with Gasteiger partial charge in [-0.15, -0.1) is 0 Å². The monoisotopic (exact) mass is 278 g/mol. The Bertz CT molecular complexity index is 575. The molecule has 3 N–H and O–H groups in total. The fraction of sp³-hybridized carbons (Fsp3) is 0.500. The number of carbonyl (C=O) groups is 1. The van der Waals surface area contributed by atoms with Gasteiger partial charge in [0, 0.05) is 13.0 Å². The molecule has 0 spiro atoms. The van der Waals surface area contributed by atoms with E-state index in [1.807, 2.05) is 11.5 Å². The number of hydrogen-bond donors (Lipinski definition) is 2. The highest BCUT2D eigenvalue weighted by Gasteiger charge is 2.19. The molecule has 0 aromatic carbocycles. The first kappa shape index (κ1) is 14.0. The normalized spacial score (nSPS) is 10.7. The minimum Gasteiger partial charge on any atom is -0.461 e. The van der Waals surface area contributed by atoms with Gasteiger partial charge in [-0.1, -0.05) is 0 Å². The lowest BCUT2D eigenvalue weighted by Crippen LogP contribution is -2.10. The summed E-state index contributed by atoms with van der Waals surface area (Å²) in [6, 6.07) is 0. The number of imidazole rings is 1. The number of aryl methyl sites for hydroxylation is 2. The van der Waals surface area contributed by atoms with Crippen LogP contribution in [0.4, 0.5) is 5.82 Å². The number of hydrogen-bond acceptors (Lipinski definition) is 6. The topological polar surface area (TPSA) is 112 Å². The van der Waals surface area contributed by atoms with Crippen molar-refractivity contribution in [3.63, 3.8) is 0 Å². The SMILES string of the molecule is CCOC(=O)c1nc(C)n(CCCc2ncn[nH]2)c1N. The molecule has 108 valence electrons. The van der Waals surface area contributed by atoms with E-state index in [2.05, 4.69) is 20.2 Å². The molecule has 8 heteroatoms. The van der Waals surface area contributed by atoms with Crippen LogP contribution in [0.5, 0.6) is 0 Å². The third-order valence-electron chi connectivity index (χ3n) is 2.93. The first-order valence-corrected chi connectivity index (χ1v) is 6.47. The zero-order valence-corrected chi connectivity index (χ0v) is 11.6. The highest BCUT2D eigenvalue weighted by atomic mass is 16.5. The molecule has 2 aromatic heterocycles. The van der Waals surface area contributed by atoms with E-state index in [4.69, 9.17) is 10.5 Å². The van der Waals surface area contributed by atoms with Gasteiger partial charge in [0.15, 0.2) is 5.69 Å². The molecule has 0 unspecified atom stereocenters. The first-order chi connectivity index (χ1) is 9.63. The summed E-state index contributed by atoms with van der Waals surface area (Å²) < 4.78 is 6.73. The van der Waals surface area contributed by atoms with E-state index in [1.54, 1.807) is 6.92 Å². The summed E-state index contributed by atoms with van der Waals surface area (Å²) in [4.78, 5) is 19.9. The molecule has 2 rings (SSSR count). The molecule has 0 bridgehead atoms. The van der Waals surface area contributed by atoms with Crippen molar-refractivity contribution in [2.24, 2.45) is 0 Å². The minimum atomic E-state index is -0.484. The molecule has 0 fully saturated rings. The molecule has 0 aliphatic rings. The number of H-pyrrole nitrogens is 1. The van der Waals surface area contributed by atoms with Gasteiger partial charge in [0.1, 0.15) is 23.8 Å². The predicted octanol–water partition coefficient (Wildman–Crippen LogP) is 0.701. The molecule has 20 heavy (non-hydrogen) atoms. The summed E-state index contributed by atoms with van der Waals surface area (Å²) in [6.07, 6.45) is 3.05. The van der Waals surface area contributed by atoms with Gasteiger partial charge in [0.05, 0.1) is 6.61 Å². The largest absolute Gasteiger partial charge is 0.461 e. The van der Waals surface area contributed by atoms with Gasteiger partial charge in [0.2, 0.25) is 0 Å². The second kappa shape index (κ2) is 6.18. The van der Waals surface area contributed by atoms with E-state index in [0.717, 1.165) is 18.7 Å². The summed E-state index contributed by atoms with van der Waals surface area (Å²) in [5, 5.41) is 6.59. The molecule has 2 aromatic rings. The average Bonchev–Trinajstić information content (AvgIpc) is 3.01. The van der Waals surface area contributed by atoms with Crippen molar-refractivity contribution in [3.8, 4) is 0 Å². The second-order valence-electron chi connectivity index (χ2n) is 4.30. The predicted molar refractivity (Wildman–Crippen MR) is 72.0 cm³/mol. The van der Waals surface area contributed by atoms with Gasteiger partial charge < -0.3 is 15.0 Å². The molecule has 0 saturated heterocycles. The quantitative estimate of drug-likeness (QED) is 0.752. The van der Waals surface area contributed by atoms with E-state index in [9.17, 15) is 4.79 Å². The first-order valence-electron chi connectivity index (χ1n) is 6.47. The van der Waals surface area contributed by atoms with Crippen molar-refractivity contribution in [1.82, 2.24) is 24.7 Å². The van der Waals surface area contributed by atoms with Gasteiger partial charge in [-0.05, 0) is 20.3 Å². The van der Waals surface area contributed by atoms with Gasteiger partial charge in [-0.3, -0.25) is 5.10 Å². The Kier molecular flexibility index (Phi) is 4.34. The van der Waals surface area contributed by atoms with Crippen LogP contribution in [0.15, 0.2) is 6.33 Å². The number of aromatic nitrogens is 5. The maximum Gasteiger partial charge on any atom is 0.360 e. The van der Waals surface area contributed by atoms with Crippen LogP contribution in [0, 0.1) is 6.92 Å². The van der Waals surface area contributed by atoms with Crippen molar-refractivity contribution in [2.75, 3.05) is 12.3 Å². The summed E-state index contributed by atoms with van der Waals surface area (Å²) in [6.45, 7) is 4.52. The van der Waals surface area contributed by atoms with E-state index < -0.39 is 5.97 Å².